The van der Waals surface area contributed by atoms with E-state index in [4.69, 9.17) is 5.14 Å². The molecule has 0 radical (unpaired) electrons. The highest BCUT2D eigenvalue weighted by atomic mass is 32.2. The molecule has 0 saturated heterocycles. The molecule has 0 aromatic rings. The minimum Gasteiger partial charge on any atom is -0.260 e. The van der Waals surface area contributed by atoms with Gasteiger partial charge in [0.25, 0.3) is 10.2 Å². The zero-order valence-electron chi connectivity index (χ0n) is 7.11. The Labute approximate surface area is 75.4 Å². The van der Waals surface area contributed by atoms with Crippen LogP contribution in [0.4, 0.5) is 0 Å². The van der Waals surface area contributed by atoms with Crippen LogP contribution in [0.1, 0.15) is 13.3 Å². The van der Waals surface area contributed by atoms with E-state index < -0.39 is 21.0 Å². The minimum absolute atomic E-state index is 0.260. The van der Waals surface area contributed by atoms with Crippen LogP contribution in [0, 0.1) is 0 Å². The normalized spacial score (nSPS) is 17.2. The molecule has 0 heterocycles. The number of hydrogen-bond donors (Lipinski definition) is 2. The third kappa shape index (κ3) is 8.12. The number of nitrogens with one attached hydrogen (secondary N) is 1. The minimum atomic E-state index is -3.62. The van der Waals surface area contributed by atoms with Gasteiger partial charge in [0.2, 0.25) is 0 Å². The molecule has 3 N–H and O–H groups in total. The van der Waals surface area contributed by atoms with Crippen LogP contribution in [0.5, 0.6) is 0 Å². The molecule has 0 aliphatic carbocycles. The molecule has 7 heteroatoms. The Hall–Kier alpha value is 0.0200. The molecule has 12 heavy (non-hydrogen) atoms. The Balaban J connectivity index is 3.75. The molecule has 0 saturated carbocycles. The van der Waals surface area contributed by atoms with Crippen molar-refractivity contribution < 1.29 is 12.6 Å². The monoisotopic (exact) mass is 214 g/mol. The van der Waals surface area contributed by atoms with Crippen molar-refractivity contribution >= 4 is 21.0 Å². The topological polar surface area (TPSA) is 89.3 Å². The molecule has 0 fully saturated rings. The first-order valence-corrected chi connectivity index (χ1v) is 6.68. The molecule has 2 unspecified atom stereocenters. The maximum Gasteiger partial charge on any atom is 0.274 e. The van der Waals surface area contributed by atoms with Gasteiger partial charge >= 0.3 is 0 Å². The van der Waals surface area contributed by atoms with Crippen molar-refractivity contribution in [2.75, 3.05) is 12.0 Å². The molecule has 0 aromatic heterocycles. The molecular formula is C5H14N2O3S2. The van der Waals surface area contributed by atoms with E-state index in [1.54, 1.807) is 13.2 Å². The maximum atomic E-state index is 10.6. The summed E-state index contributed by atoms with van der Waals surface area (Å²) in [5.74, 6) is 0.476. The zero-order chi connectivity index (χ0) is 9.78. The van der Waals surface area contributed by atoms with E-state index in [9.17, 15) is 12.6 Å². The Kier molecular flexibility index (Phi) is 4.91. The summed E-state index contributed by atoms with van der Waals surface area (Å²) in [5.41, 5.74) is 0. The molecule has 0 aliphatic heterocycles. The van der Waals surface area contributed by atoms with E-state index in [1.165, 1.54) is 0 Å². The standard InChI is InChI=1S/C5H14N2O3S2/c1-5(3-4-11(2)8)7-12(6,9)10/h5,7H,3-4H2,1-2H3,(H2,6,9,10). The fraction of sp³-hybridized carbons (Fsp3) is 1.00. The van der Waals surface area contributed by atoms with E-state index in [-0.39, 0.29) is 6.04 Å². The van der Waals surface area contributed by atoms with E-state index >= 15 is 0 Å². The average Bonchev–Trinajstić information content (AvgIpc) is 1.79. The molecule has 0 rings (SSSR count). The maximum absolute atomic E-state index is 10.6. The Morgan fingerprint density at radius 2 is 2.08 bits per heavy atom. The van der Waals surface area contributed by atoms with E-state index in [0.29, 0.717) is 12.2 Å². The van der Waals surface area contributed by atoms with Crippen molar-refractivity contribution in [3.63, 3.8) is 0 Å². The SMILES string of the molecule is CC(CCS(C)=O)NS(N)(=O)=O. The second-order valence-electron chi connectivity index (χ2n) is 2.63. The van der Waals surface area contributed by atoms with Gasteiger partial charge in [-0.05, 0) is 13.3 Å². The summed E-state index contributed by atoms with van der Waals surface area (Å²) in [5, 5.41) is 4.73. The van der Waals surface area contributed by atoms with Crippen molar-refractivity contribution in [3.05, 3.63) is 0 Å². The second kappa shape index (κ2) is 4.90. The Morgan fingerprint density at radius 1 is 1.58 bits per heavy atom. The van der Waals surface area contributed by atoms with Gasteiger partial charge in [-0.2, -0.15) is 13.1 Å². The third-order valence-electron chi connectivity index (χ3n) is 1.20. The Morgan fingerprint density at radius 3 is 2.42 bits per heavy atom. The lowest BCUT2D eigenvalue weighted by molar-refractivity contribution is 0.557. The number of rotatable bonds is 5. The average molecular weight is 214 g/mol. The van der Waals surface area contributed by atoms with Crippen LogP contribution in [0.15, 0.2) is 0 Å². The molecule has 0 spiro atoms. The van der Waals surface area contributed by atoms with Crippen LogP contribution in [0.2, 0.25) is 0 Å². The molecule has 0 aromatic carbocycles. The number of hydrogen-bond acceptors (Lipinski definition) is 3. The summed E-state index contributed by atoms with van der Waals surface area (Å²) >= 11 is 0. The second-order valence-corrected chi connectivity index (χ2v) is 5.51. The van der Waals surface area contributed by atoms with Gasteiger partial charge in [0.05, 0.1) is 0 Å². The Bertz CT molecular complexity index is 249. The van der Waals surface area contributed by atoms with Crippen LogP contribution in [-0.2, 0) is 21.0 Å². The van der Waals surface area contributed by atoms with Crippen molar-refractivity contribution in [1.82, 2.24) is 4.72 Å². The van der Waals surface area contributed by atoms with Crippen molar-refractivity contribution in [1.29, 1.82) is 0 Å². The van der Waals surface area contributed by atoms with Crippen LogP contribution in [0.3, 0.4) is 0 Å². The van der Waals surface area contributed by atoms with Crippen molar-refractivity contribution in [3.8, 4) is 0 Å². The highest BCUT2D eigenvalue weighted by Crippen LogP contribution is 1.92. The lowest BCUT2D eigenvalue weighted by atomic mass is 10.3. The van der Waals surface area contributed by atoms with Crippen molar-refractivity contribution in [2.24, 2.45) is 5.14 Å². The smallest absolute Gasteiger partial charge is 0.260 e. The molecule has 5 nitrogen and oxygen atoms in total. The quantitative estimate of drug-likeness (QED) is 0.611. The molecule has 0 amide bonds. The van der Waals surface area contributed by atoms with Gasteiger partial charge in [-0.15, -0.1) is 0 Å². The molecule has 74 valence electrons. The molecule has 0 bridgehead atoms. The van der Waals surface area contributed by atoms with Gasteiger partial charge in [-0.3, -0.25) is 4.21 Å². The van der Waals surface area contributed by atoms with Gasteiger partial charge < -0.3 is 0 Å². The van der Waals surface area contributed by atoms with Crippen molar-refractivity contribution in [2.45, 2.75) is 19.4 Å². The first-order valence-electron chi connectivity index (χ1n) is 3.41. The van der Waals surface area contributed by atoms with Crippen LogP contribution >= 0.6 is 0 Å². The number of nitrogens with two attached hydrogens (primary N) is 1. The summed E-state index contributed by atoms with van der Waals surface area (Å²) < 4.78 is 33.8. The van der Waals surface area contributed by atoms with E-state index in [1.807, 2.05) is 0 Å². The summed E-state index contributed by atoms with van der Waals surface area (Å²) in [6.45, 7) is 1.68. The summed E-state index contributed by atoms with van der Waals surface area (Å²) in [6.07, 6.45) is 2.10. The molecule has 2 atom stereocenters. The largest absolute Gasteiger partial charge is 0.274 e. The predicted molar refractivity (Wildman–Crippen MR) is 49.3 cm³/mol. The van der Waals surface area contributed by atoms with Gasteiger partial charge in [-0.25, -0.2) is 5.14 Å². The van der Waals surface area contributed by atoms with E-state index in [2.05, 4.69) is 4.72 Å². The van der Waals surface area contributed by atoms with Gasteiger partial charge in [0, 0.05) is 28.9 Å². The molecular weight excluding hydrogens is 200 g/mol. The van der Waals surface area contributed by atoms with Crippen LogP contribution in [-0.4, -0.2) is 30.7 Å². The first kappa shape index (κ1) is 12.0. The summed E-state index contributed by atoms with van der Waals surface area (Å²) in [4.78, 5) is 0. The highest BCUT2D eigenvalue weighted by molar-refractivity contribution is 7.87. The summed E-state index contributed by atoms with van der Waals surface area (Å²) in [6, 6.07) is -0.260. The lowest BCUT2D eigenvalue weighted by Crippen LogP contribution is -2.38. The third-order valence-corrected chi connectivity index (χ3v) is 2.75. The van der Waals surface area contributed by atoms with Gasteiger partial charge in [0.15, 0.2) is 0 Å². The van der Waals surface area contributed by atoms with Crippen LogP contribution < -0.4 is 9.86 Å². The van der Waals surface area contributed by atoms with Crippen LogP contribution in [0.25, 0.3) is 0 Å². The molecule has 0 aliphatic rings. The van der Waals surface area contributed by atoms with Gasteiger partial charge in [0.1, 0.15) is 0 Å². The zero-order valence-corrected chi connectivity index (χ0v) is 8.74. The lowest BCUT2D eigenvalue weighted by Gasteiger charge is -2.09. The fourth-order valence-corrected chi connectivity index (χ4v) is 2.05. The predicted octanol–water partition coefficient (Wildman–Crippen LogP) is -1.06. The highest BCUT2D eigenvalue weighted by Gasteiger charge is 2.08. The first-order chi connectivity index (χ1) is 5.31. The van der Waals surface area contributed by atoms with E-state index in [0.717, 1.165) is 0 Å². The fourth-order valence-electron chi connectivity index (χ4n) is 0.682. The summed E-state index contributed by atoms with van der Waals surface area (Å²) in [7, 11) is -4.51. The van der Waals surface area contributed by atoms with Gasteiger partial charge in [-0.1, -0.05) is 0 Å².